The minimum atomic E-state index is -4.77. The van der Waals surface area contributed by atoms with Gasteiger partial charge in [-0.2, -0.15) is 0 Å². The van der Waals surface area contributed by atoms with Crippen molar-refractivity contribution in [1.82, 2.24) is 0 Å². The van der Waals surface area contributed by atoms with Crippen LogP contribution in [0.4, 0.5) is 0 Å². The Morgan fingerprint density at radius 1 is 0.403 bits per heavy atom. The summed E-state index contributed by atoms with van der Waals surface area (Å²) in [6.45, 7) is 4.40. The molecule has 0 rings (SSSR count). The van der Waals surface area contributed by atoms with E-state index < -0.39 is 57.8 Å². The number of phosphoric acid groups is 1. The van der Waals surface area contributed by atoms with E-state index in [-0.39, 0.29) is 25.9 Å². The standard InChI is InChI=1S/C60H103O11P/c1-4-7-10-13-16-19-22-25-27-28-30-33-36-39-42-45-48-51-60(64)71-57(53-67-58(62)49-46-43-40-37-34-31-24-21-18-15-12-9-6-3)55-69-72(65,66)68-54-56(52-61)70-59(63)50-47-44-41-38-35-32-29-26-23-20-17-14-11-8-5-2/h9,12,16,18-19,21,25-27,29,31,34,40,43,56-57,61H,4-8,10-11,13-15,17,20,22-24,28,30,32-33,35-39,41-42,44-55H2,1-3H3,(H,65,66)/b12-9-,19-16-,21-18-,27-25-,29-26-,34-31-,43-40-. The zero-order valence-corrected chi connectivity index (χ0v) is 46.5. The van der Waals surface area contributed by atoms with E-state index in [1.165, 1.54) is 77.0 Å². The van der Waals surface area contributed by atoms with E-state index in [0.29, 0.717) is 19.3 Å². The predicted molar refractivity (Wildman–Crippen MR) is 298 cm³/mol. The van der Waals surface area contributed by atoms with Gasteiger partial charge in [-0.15, -0.1) is 0 Å². The van der Waals surface area contributed by atoms with Gasteiger partial charge in [-0.25, -0.2) is 4.57 Å². The number of phosphoric ester groups is 1. The van der Waals surface area contributed by atoms with E-state index >= 15 is 0 Å². The highest BCUT2D eigenvalue weighted by Gasteiger charge is 2.28. The average molecular weight is 1030 g/mol. The summed E-state index contributed by atoms with van der Waals surface area (Å²) in [4.78, 5) is 48.4. The van der Waals surface area contributed by atoms with Gasteiger partial charge >= 0.3 is 25.7 Å². The van der Waals surface area contributed by atoms with Crippen molar-refractivity contribution in [2.24, 2.45) is 0 Å². The first kappa shape index (κ1) is 68.7. The molecule has 12 heteroatoms. The summed E-state index contributed by atoms with van der Waals surface area (Å²) in [5.74, 6) is -1.58. The molecule has 0 aromatic heterocycles. The molecule has 2 N–H and O–H groups in total. The molecular weight excluding hydrogens is 928 g/mol. The largest absolute Gasteiger partial charge is 0.472 e. The van der Waals surface area contributed by atoms with Gasteiger partial charge < -0.3 is 24.2 Å². The number of aliphatic hydroxyl groups is 1. The second-order valence-electron chi connectivity index (χ2n) is 18.7. The molecule has 0 saturated heterocycles. The first-order valence-corrected chi connectivity index (χ1v) is 30.0. The maximum absolute atomic E-state index is 12.9. The number of aliphatic hydroxyl groups excluding tert-OH is 1. The molecule has 0 amide bonds. The number of carbonyl (C=O) groups is 3. The number of hydrogen-bond acceptors (Lipinski definition) is 10. The quantitative estimate of drug-likeness (QED) is 0.0197. The third-order valence-corrected chi connectivity index (χ3v) is 12.7. The van der Waals surface area contributed by atoms with E-state index in [4.69, 9.17) is 23.3 Å². The fourth-order valence-electron chi connectivity index (χ4n) is 7.45. The second kappa shape index (κ2) is 53.9. The number of esters is 3. The second-order valence-corrected chi connectivity index (χ2v) is 20.2. The van der Waals surface area contributed by atoms with Crippen LogP contribution < -0.4 is 0 Å². The fourth-order valence-corrected chi connectivity index (χ4v) is 8.24. The maximum atomic E-state index is 12.9. The monoisotopic (exact) mass is 1030 g/mol. The van der Waals surface area contributed by atoms with Crippen molar-refractivity contribution in [3.05, 3.63) is 85.1 Å². The van der Waals surface area contributed by atoms with E-state index in [9.17, 15) is 28.9 Å². The molecule has 0 bridgehead atoms. The molecule has 0 aliphatic heterocycles. The first-order chi connectivity index (χ1) is 35.2. The molecule has 0 radical (unpaired) electrons. The molecule has 0 aromatic rings. The molecule has 72 heavy (non-hydrogen) atoms. The molecule has 0 aliphatic carbocycles. The smallest absolute Gasteiger partial charge is 0.462 e. The van der Waals surface area contributed by atoms with E-state index in [1.54, 1.807) is 0 Å². The molecule has 0 heterocycles. The van der Waals surface area contributed by atoms with Gasteiger partial charge in [0, 0.05) is 19.3 Å². The SMILES string of the molecule is CC/C=C\C/C=C\C/C=C\C/C=C\CCC(=O)OCC(COP(=O)(O)OCC(CO)OC(=O)CCCCCCC/C=C\CCCCCCCC)OC(=O)CCCCCCCCC/C=C\C/C=C\CCCCC. The lowest BCUT2D eigenvalue weighted by atomic mass is 10.1. The summed E-state index contributed by atoms with van der Waals surface area (Å²) in [6, 6.07) is 0. The van der Waals surface area contributed by atoms with Crippen LogP contribution in [0.15, 0.2) is 85.1 Å². The van der Waals surface area contributed by atoms with Crippen LogP contribution in [0.2, 0.25) is 0 Å². The van der Waals surface area contributed by atoms with E-state index in [1.807, 2.05) is 12.2 Å². The maximum Gasteiger partial charge on any atom is 0.472 e. The fraction of sp³-hybridized carbons (Fsp3) is 0.717. The lowest BCUT2D eigenvalue weighted by molar-refractivity contribution is -0.161. The van der Waals surface area contributed by atoms with Crippen LogP contribution in [0.5, 0.6) is 0 Å². The molecule has 0 aromatic carbocycles. The summed E-state index contributed by atoms with van der Waals surface area (Å²) >= 11 is 0. The van der Waals surface area contributed by atoms with Gasteiger partial charge in [0.15, 0.2) is 6.10 Å². The summed E-state index contributed by atoms with van der Waals surface area (Å²) in [5.41, 5.74) is 0. The Balaban J connectivity index is 4.80. The zero-order valence-electron chi connectivity index (χ0n) is 45.6. The molecule has 3 atom stereocenters. The number of allylic oxidation sites excluding steroid dienone is 14. The van der Waals surface area contributed by atoms with Crippen molar-refractivity contribution >= 4 is 25.7 Å². The number of hydrogen-bond donors (Lipinski definition) is 2. The predicted octanol–water partition coefficient (Wildman–Crippen LogP) is 16.7. The van der Waals surface area contributed by atoms with Crippen molar-refractivity contribution in [3.63, 3.8) is 0 Å². The molecule has 3 unspecified atom stereocenters. The van der Waals surface area contributed by atoms with Gasteiger partial charge in [-0.05, 0) is 103 Å². The Morgan fingerprint density at radius 2 is 0.750 bits per heavy atom. The Morgan fingerprint density at radius 3 is 1.21 bits per heavy atom. The molecule has 0 fully saturated rings. The highest BCUT2D eigenvalue weighted by atomic mass is 31.2. The van der Waals surface area contributed by atoms with Crippen LogP contribution in [-0.4, -0.2) is 66.5 Å². The van der Waals surface area contributed by atoms with Crippen LogP contribution in [0.3, 0.4) is 0 Å². The Hall–Kier alpha value is -3.34. The lowest BCUT2D eigenvalue weighted by Gasteiger charge is -2.21. The van der Waals surface area contributed by atoms with Gasteiger partial charge in [-0.3, -0.25) is 23.4 Å². The summed E-state index contributed by atoms with van der Waals surface area (Å²) in [5, 5.41) is 9.81. The van der Waals surface area contributed by atoms with Crippen LogP contribution in [0.25, 0.3) is 0 Å². The van der Waals surface area contributed by atoms with Crippen LogP contribution in [-0.2, 0) is 42.2 Å². The van der Waals surface area contributed by atoms with Crippen molar-refractivity contribution in [2.45, 2.75) is 251 Å². The number of unbranched alkanes of at least 4 members (excludes halogenated alkanes) is 21. The first-order valence-electron chi connectivity index (χ1n) is 28.5. The van der Waals surface area contributed by atoms with Crippen LogP contribution in [0.1, 0.15) is 239 Å². The summed E-state index contributed by atoms with van der Waals surface area (Å²) in [7, 11) is -4.77. The van der Waals surface area contributed by atoms with Crippen molar-refractivity contribution in [2.75, 3.05) is 26.4 Å². The van der Waals surface area contributed by atoms with Crippen LogP contribution in [0, 0.1) is 0 Å². The van der Waals surface area contributed by atoms with E-state index in [0.717, 1.165) is 103 Å². The minimum absolute atomic E-state index is 0.101. The van der Waals surface area contributed by atoms with Gasteiger partial charge in [-0.1, -0.05) is 202 Å². The Bertz CT molecular complexity index is 1530. The van der Waals surface area contributed by atoms with Crippen LogP contribution >= 0.6 is 7.82 Å². The normalized spacial score (nSPS) is 14.0. The number of rotatable bonds is 52. The molecule has 0 aliphatic rings. The van der Waals surface area contributed by atoms with Gasteiger partial charge in [0.1, 0.15) is 12.7 Å². The zero-order chi connectivity index (χ0) is 52.7. The summed E-state index contributed by atoms with van der Waals surface area (Å²) in [6.07, 6.45) is 61.3. The van der Waals surface area contributed by atoms with Crippen molar-refractivity contribution < 1.29 is 52.2 Å². The minimum Gasteiger partial charge on any atom is -0.462 e. The molecule has 414 valence electrons. The van der Waals surface area contributed by atoms with Gasteiger partial charge in [0.25, 0.3) is 0 Å². The lowest BCUT2D eigenvalue weighted by Crippen LogP contribution is -2.30. The topological polar surface area (TPSA) is 155 Å². The number of carbonyl (C=O) groups excluding carboxylic acids is 3. The highest BCUT2D eigenvalue weighted by Crippen LogP contribution is 2.43. The van der Waals surface area contributed by atoms with Crippen molar-refractivity contribution in [1.29, 1.82) is 0 Å². The summed E-state index contributed by atoms with van der Waals surface area (Å²) < 4.78 is 39.4. The Labute approximate surface area is 439 Å². The third kappa shape index (κ3) is 51.6. The van der Waals surface area contributed by atoms with E-state index in [2.05, 4.69) is 93.7 Å². The molecular formula is C60H103O11P. The van der Waals surface area contributed by atoms with Gasteiger partial charge in [0.05, 0.1) is 19.8 Å². The third-order valence-electron chi connectivity index (χ3n) is 11.8. The molecule has 11 nitrogen and oxygen atoms in total. The average Bonchev–Trinajstić information content (AvgIpc) is 3.37. The molecule has 0 spiro atoms. The Kier molecular flexibility index (Phi) is 51.4. The van der Waals surface area contributed by atoms with Crippen molar-refractivity contribution in [3.8, 4) is 0 Å². The van der Waals surface area contributed by atoms with Gasteiger partial charge in [0.2, 0.25) is 0 Å². The molecule has 0 saturated carbocycles. The highest BCUT2D eigenvalue weighted by molar-refractivity contribution is 7.47. The number of ether oxygens (including phenoxy) is 3.